The van der Waals surface area contributed by atoms with Gasteiger partial charge in [-0.15, -0.1) is 0 Å². The van der Waals surface area contributed by atoms with Gasteiger partial charge in [0.2, 0.25) is 0 Å². The van der Waals surface area contributed by atoms with Crippen molar-refractivity contribution in [2.45, 2.75) is 39.2 Å². The van der Waals surface area contributed by atoms with Gasteiger partial charge in [-0.3, -0.25) is 4.98 Å². The molecule has 1 aromatic heterocycles. The molecule has 82 valence electrons. The molecule has 0 amide bonds. The number of nitrogens with zero attached hydrogens (tertiary/aromatic N) is 1. The van der Waals surface area contributed by atoms with Gasteiger partial charge in [-0.05, 0) is 56.3 Å². The molecule has 0 spiro atoms. The second-order valence-electron chi connectivity index (χ2n) is 4.53. The highest BCUT2D eigenvalue weighted by molar-refractivity contribution is 5.19. The van der Waals surface area contributed by atoms with E-state index < -0.39 is 0 Å². The molecule has 0 aromatic carbocycles. The maximum Gasteiger partial charge on any atom is 0.0578 e. The standard InChI is InChI=1S/C13H20N2/c1-3-7-15-13(11-4-5-11)12-9-10(2)6-8-14-12/h6,8-9,11,13,15H,3-5,7H2,1-2H3. The lowest BCUT2D eigenvalue weighted by Crippen LogP contribution is -2.24. The molecular weight excluding hydrogens is 184 g/mol. The largest absolute Gasteiger partial charge is 0.308 e. The monoisotopic (exact) mass is 204 g/mol. The van der Waals surface area contributed by atoms with E-state index in [1.54, 1.807) is 0 Å². The second kappa shape index (κ2) is 4.75. The molecule has 1 aromatic rings. The van der Waals surface area contributed by atoms with E-state index in [0.29, 0.717) is 6.04 Å². The molecule has 0 radical (unpaired) electrons. The summed E-state index contributed by atoms with van der Waals surface area (Å²) in [4.78, 5) is 4.49. The Kier molecular flexibility index (Phi) is 3.37. The molecule has 1 fully saturated rings. The van der Waals surface area contributed by atoms with Crippen LogP contribution < -0.4 is 5.32 Å². The Bertz CT molecular complexity index is 318. The number of pyridine rings is 1. The van der Waals surface area contributed by atoms with Crippen molar-refractivity contribution in [3.63, 3.8) is 0 Å². The summed E-state index contributed by atoms with van der Waals surface area (Å²) in [7, 11) is 0. The lowest BCUT2D eigenvalue weighted by molar-refractivity contribution is 0.470. The van der Waals surface area contributed by atoms with Crippen LogP contribution in [-0.4, -0.2) is 11.5 Å². The van der Waals surface area contributed by atoms with Gasteiger partial charge in [-0.25, -0.2) is 0 Å². The SMILES string of the molecule is CCCNC(c1cc(C)ccn1)C1CC1. The zero-order valence-corrected chi connectivity index (χ0v) is 9.66. The molecule has 0 aliphatic heterocycles. The van der Waals surface area contributed by atoms with Crippen LogP contribution in [0, 0.1) is 12.8 Å². The first-order valence-electron chi connectivity index (χ1n) is 5.97. The number of hydrogen-bond donors (Lipinski definition) is 1. The van der Waals surface area contributed by atoms with Gasteiger partial charge in [0.25, 0.3) is 0 Å². The normalized spacial score (nSPS) is 17.7. The Morgan fingerprint density at radius 1 is 1.53 bits per heavy atom. The average Bonchev–Trinajstić information content (AvgIpc) is 3.03. The molecule has 1 saturated carbocycles. The number of hydrogen-bond acceptors (Lipinski definition) is 2. The highest BCUT2D eigenvalue weighted by Gasteiger charge is 2.32. The van der Waals surface area contributed by atoms with E-state index >= 15 is 0 Å². The van der Waals surface area contributed by atoms with Crippen LogP contribution in [0.3, 0.4) is 0 Å². The van der Waals surface area contributed by atoms with Gasteiger partial charge in [-0.1, -0.05) is 6.92 Å². The van der Waals surface area contributed by atoms with E-state index in [9.17, 15) is 0 Å². The number of aryl methyl sites for hydroxylation is 1. The maximum absolute atomic E-state index is 4.49. The lowest BCUT2D eigenvalue weighted by atomic mass is 10.1. The minimum atomic E-state index is 0.491. The Balaban J connectivity index is 2.09. The van der Waals surface area contributed by atoms with Gasteiger partial charge in [0.1, 0.15) is 0 Å². The molecule has 1 atom stereocenters. The molecule has 15 heavy (non-hydrogen) atoms. The minimum Gasteiger partial charge on any atom is -0.308 e. The molecule has 1 unspecified atom stereocenters. The van der Waals surface area contributed by atoms with E-state index in [1.807, 2.05) is 6.20 Å². The molecule has 1 aliphatic rings. The third-order valence-corrected chi connectivity index (χ3v) is 2.96. The van der Waals surface area contributed by atoms with Crippen molar-refractivity contribution < 1.29 is 0 Å². The fraction of sp³-hybridized carbons (Fsp3) is 0.615. The molecule has 0 bridgehead atoms. The van der Waals surface area contributed by atoms with Crippen LogP contribution in [0.15, 0.2) is 18.3 Å². The summed E-state index contributed by atoms with van der Waals surface area (Å²) in [5.74, 6) is 0.825. The minimum absolute atomic E-state index is 0.491. The molecular formula is C13H20N2. The Labute approximate surface area is 92.1 Å². The summed E-state index contributed by atoms with van der Waals surface area (Å²) < 4.78 is 0. The van der Waals surface area contributed by atoms with Crippen molar-refractivity contribution in [2.75, 3.05) is 6.54 Å². The van der Waals surface area contributed by atoms with E-state index in [-0.39, 0.29) is 0 Å². The van der Waals surface area contributed by atoms with Crippen molar-refractivity contribution in [1.82, 2.24) is 10.3 Å². The van der Waals surface area contributed by atoms with Crippen molar-refractivity contribution in [2.24, 2.45) is 5.92 Å². The van der Waals surface area contributed by atoms with Crippen LogP contribution >= 0.6 is 0 Å². The van der Waals surface area contributed by atoms with Gasteiger partial charge in [0.05, 0.1) is 11.7 Å². The number of nitrogens with one attached hydrogen (secondary N) is 1. The lowest BCUT2D eigenvalue weighted by Gasteiger charge is -2.17. The molecule has 1 aliphatic carbocycles. The molecule has 2 rings (SSSR count). The van der Waals surface area contributed by atoms with Crippen LogP contribution in [-0.2, 0) is 0 Å². The smallest absolute Gasteiger partial charge is 0.0578 e. The highest BCUT2D eigenvalue weighted by atomic mass is 15.0. The predicted molar refractivity (Wildman–Crippen MR) is 62.7 cm³/mol. The zero-order chi connectivity index (χ0) is 10.7. The Morgan fingerprint density at radius 2 is 2.33 bits per heavy atom. The number of aromatic nitrogens is 1. The summed E-state index contributed by atoms with van der Waals surface area (Å²) in [5, 5.41) is 3.61. The van der Waals surface area contributed by atoms with Crippen LogP contribution in [0.2, 0.25) is 0 Å². The van der Waals surface area contributed by atoms with Gasteiger partial charge in [0.15, 0.2) is 0 Å². The van der Waals surface area contributed by atoms with E-state index in [4.69, 9.17) is 0 Å². The van der Waals surface area contributed by atoms with Crippen LogP contribution in [0.25, 0.3) is 0 Å². The van der Waals surface area contributed by atoms with Crippen LogP contribution in [0.1, 0.15) is 43.5 Å². The molecule has 1 N–H and O–H groups in total. The van der Waals surface area contributed by atoms with Gasteiger partial charge in [-0.2, -0.15) is 0 Å². The average molecular weight is 204 g/mol. The maximum atomic E-state index is 4.49. The van der Waals surface area contributed by atoms with Gasteiger partial charge >= 0.3 is 0 Å². The van der Waals surface area contributed by atoms with Crippen molar-refractivity contribution >= 4 is 0 Å². The quantitative estimate of drug-likeness (QED) is 0.797. The third-order valence-electron chi connectivity index (χ3n) is 2.96. The summed E-state index contributed by atoms with van der Waals surface area (Å²) in [6, 6.07) is 4.77. The molecule has 2 nitrogen and oxygen atoms in total. The van der Waals surface area contributed by atoms with Crippen molar-refractivity contribution in [3.8, 4) is 0 Å². The predicted octanol–water partition coefficient (Wildman–Crippen LogP) is 2.84. The number of rotatable bonds is 5. The van der Waals surface area contributed by atoms with Gasteiger partial charge < -0.3 is 5.32 Å². The van der Waals surface area contributed by atoms with Crippen LogP contribution in [0.5, 0.6) is 0 Å². The Hall–Kier alpha value is -0.890. The van der Waals surface area contributed by atoms with Crippen molar-refractivity contribution in [3.05, 3.63) is 29.6 Å². The molecule has 1 heterocycles. The third kappa shape index (κ3) is 2.78. The highest BCUT2D eigenvalue weighted by Crippen LogP contribution is 2.40. The van der Waals surface area contributed by atoms with E-state index in [1.165, 1.54) is 30.5 Å². The summed E-state index contributed by atoms with van der Waals surface area (Å²) in [6.45, 7) is 5.44. The first-order chi connectivity index (χ1) is 7.31. The second-order valence-corrected chi connectivity index (χ2v) is 4.53. The summed E-state index contributed by atoms with van der Waals surface area (Å²) in [5.41, 5.74) is 2.54. The fourth-order valence-corrected chi connectivity index (χ4v) is 1.97. The first-order valence-corrected chi connectivity index (χ1v) is 5.97. The van der Waals surface area contributed by atoms with E-state index in [0.717, 1.165) is 12.5 Å². The fourth-order valence-electron chi connectivity index (χ4n) is 1.97. The summed E-state index contributed by atoms with van der Waals surface area (Å²) >= 11 is 0. The van der Waals surface area contributed by atoms with Crippen LogP contribution in [0.4, 0.5) is 0 Å². The molecule has 0 saturated heterocycles. The zero-order valence-electron chi connectivity index (χ0n) is 9.66. The molecule has 2 heteroatoms. The first kappa shape index (κ1) is 10.6. The van der Waals surface area contributed by atoms with E-state index in [2.05, 4.69) is 36.3 Å². The summed E-state index contributed by atoms with van der Waals surface area (Å²) in [6.07, 6.45) is 5.83. The Morgan fingerprint density at radius 3 is 2.93 bits per heavy atom. The topological polar surface area (TPSA) is 24.9 Å². The van der Waals surface area contributed by atoms with Gasteiger partial charge in [0, 0.05) is 6.20 Å². The van der Waals surface area contributed by atoms with Crippen molar-refractivity contribution in [1.29, 1.82) is 0 Å².